The first-order chi connectivity index (χ1) is 44.3. The molecule has 0 N–H and O–H groups in total. The van der Waals surface area contributed by atoms with Crippen molar-refractivity contribution in [3.8, 4) is 62.3 Å². The smallest absolute Gasteiger partial charge is 0.268 e. The second kappa shape index (κ2) is 20.3. The molecular formula is C79H48N6O2Pt-2. The van der Waals surface area contributed by atoms with Crippen molar-refractivity contribution < 1.29 is 38.9 Å². The molecule has 418 valence electrons. The van der Waals surface area contributed by atoms with Crippen LogP contribution in [-0.2, 0) is 21.1 Å². The molecule has 6 heterocycles. The van der Waals surface area contributed by atoms with Gasteiger partial charge in [0.15, 0.2) is 0 Å². The zero-order valence-electron chi connectivity index (χ0n) is 49.8. The Bertz CT molecular complexity index is 5730. The van der Waals surface area contributed by atoms with Crippen LogP contribution in [0.25, 0.3) is 149 Å². The van der Waals surface area contributed by atoms with Gasteiger partial charge in [-0.25, -0.2) is 4.98 Å². The average molecular weight is 1310 g/mol. The molecule has 0 fully saturated rings. The summed E-state index contributed by atoms with van der Waals surface area (Å²) in [6.45, 7) is -2.56. The number of hydrogen-bond acceptors (Lipinski definition) is 3. The minimum Gasteiger partial charge on any atom is -0.510 e. The standard InChI is InChI=1S/C79H48N6O2.Pt/c1-50-42-77(80-48-66(50)52-43-54(83-67-30-11-5-24-59(67)60-25-6-12-31-68(60)83)45-55(44-52)84-69-32-13-7-26-61(69)62-27-8-14-33-70(62)84)85-71-34-15-9-28-63(71)64-39-38-57(47-74(64)85)86-56-23-19-22-53(46-56)81-49-82(73-36-17-16-35-72(73)81)79-58(51-20-3-2-4-21-51)40-41-76-78(79)65-29-10-18-37-75(65)87-76;/h2-45,48H,1H3;/q-2;/i1D3;. The van der Waals surface area contributed by atoms with Crippen LogP contribution in [-0.4, -0.2) is 23.3 Å². The molecule has 88 heavy (non-hydrogen) atoms. The molecule has 12 aromatic carbocycles. The molecule has 0 amide bonds. The Morgan fingerprint density at radius 2 is 1.00 bits per heavy atom. The number of pyridine rings is 1. The van der Waals surface area contributed by atoms with E-state index in [1.54, 1.807) is 12.3 Å². The molecule has 6 aromatic heterocycles. The van der Waals surface area contributed by atoms with Gasteiger partial charge in [-0.3, -0.25) is 4.57 Å². The fourth-order valence-electron chi connectivity index (χ4n) is 13.4. The second-order valence-corrected chi connectivity index (χ2v) is 22.1. The molecule has 0 radical (unpaired) electrons. The van der Waals surface area contributed by atoms with Gasteiger partial charge in [0.2, 0.25) is 0 Å². The molecule has 18 aromatic rings. The summed E-state index contributed by atoms with van der Waals surface area (Å²) in [4.78, 5) is 5.23. The fourth-order valence-corrected chi connectivity index (χ4v) is 13.4. The number of nitrogens with zero attached hydrogens (tertiary/aromatic N) is 6. The number of furan rings is 1. The molecule has 0 bridgehead atoms. The summed E-state index contributed by atoms with van der Waals surface area (Å²) in [7, 11) is 0. The zero-order valence-corrected chi connectivity index (χ0v) is 49.1. The van der Waals surface area contributed by atoms with E-state index < -0.39 is 6.85 Å². The maximum Gasteiger partial charge on any atom is 0.268 e. The molecular weight excluding hydrogens is 1260 g/mol. The summed E-state index contributed by atoms with van der Waals surface area (Å²) in [6, 6.07) is 98.0. The molecule has 18 rings (SSSR count). The maximum absolute atomic E-state index is 9.30. The summed E-state index contributed by atoms with van der Waals surface area (Å²) in [6.07, 6.45) is 5.48. The van der Waals surface area contributed by atoms with Crippen LogP contribution in [0.2, 0.25) is 0 Å². The van der Waals surface area contributed by atoms with E-state index in [1.807, 2.05) is 94.1 Å². The van der Waals surface area contributed by atoms with E-state index in [2.05, 4.69) is 208 Å². The van der Waals surface area contributed by atoms with E-state index in [-0.39, 0.29) is 26.6 Å². The minimum absolute atomic E-state index is 0. The Hall–Kier alpha value is -11.1. The van der Waals surface area contributed by atoms with Crippen LogP contribution in [0.1, 0.15) is 9.68 Å². The van der Waals surface area contributed by atoms with Gasteiger partial charge in [0, 0.05) is 97.6 Å². The number of hydrogen-bond donors (Lipinski definition) is 0. The van der Waals surface area contributed by atoms with Crippen LogP contribution in [0.5, 0.6) is 11.5 Å². The average Bonchev–Trinajstić information content (AvgIpc) is 1.65. The first-order valence-corrected chi connectivity index (χ1v) is 29.0. The van der Waals surface area contributed by atoms with Gasteiger partial charge in [0.1, 0.15) is 17.0 Å². The van der Waals surface area contributed by atoms with Crippen LogP contribution in [0, 0.1) is 25.3 Å². The monoisotopic (exact) mass is 1310 g/mol. The van der Waals surface area contributed by atoms with E-state index in [9.17, 15) is 4.11 Å². The molecule has 0 saturated carbocycles. The van der Waals surface area contributed by atoms with E-state index in [0.29, 0.717) is 39.6 Å². The number of aromatic nitrogens is 6. The number of para-hydroxylation sites is 8. The third kappa shape index (κ3) is 7.96. The van der Waals surface area contributed by atoms with Gasteiger partial charge in [-0.05, 0) is 107 Å². The van der Waals surface area contributed by atoms with Gasteiger partial charge in [-0.1, -0.05) is 175 Å². The predicted molar refractivity (Wildman–Crippen MR) is 352 cm³/mol. The van der Waals surface area contributed by atoms with Gasteiger partial charge < -0.3 is 27.4 Å². The predicted octanol–water partition coefficient (Wildman–Crippen LogP) is 19.3. The number of rotatable bonds is 9. The second-order valence-electron chi connectivity index (χ2n) is 22.1. The molecule has 0 unspecified atom stereocenters. The summed E-state index contributed by atoms with van der Waals surface area (Å²) in [5.41, 5.74) is 16.0. The van der Waals surface area contributed by atoms with Gasteiger partial charge in [0.25, 0.3) is 6.33 Å². The molecule has 0 spiro atoms. The molecule has 9 heteroatoms. The Morgan fingerprint density at radius 1 is 0.443 bits per heavy atom. The topological polar surface area (TPSA) is 58.9 Å². The summed E-state index contributed by atoms with van der Waals surface area (Å²) in [5, 5.41) is 8.36. The molecule has 0 aliphatic carbocycles. The first kappa shape index (κ1) is 48.2. The first-order valence-electron chi connectivity index (χ1n) is 30.5. The van der Waals surface area contributed by atoms with E-state index in [0.717, 1.165) is 121 Å². The van der Waals surface area contributed by atoms with Gasteiger partial charge in [0.05, 0.1) is 38.8 Å². The Morgan fingerprint density at radius 3 is 1.65 bits per heavy atom. The van der Waals surface area contributed by atoms with Crippen molar-refractivity contribution in [1.29, 1.82) is 0 Å². The summed E-state index contributed by atoms with van der Waals surface area (Å²) < 4.78 is 51.9. The van der Waals surface area contributed by atoms with Crippen molar-refractivity contribution in [2.45, 2.75) is 6.85 Å². The fraction of sp³-hybridized carbons (Fsp3) is 0.0127. The van der Waals surface area contributed by atoms with Gasteiger partial charge in [-0.2, -0.15) is 18.2 Å². The minimum atomic E-state index is -2.56. The van der Waals surface area contributed by atoms with E-state index in [4.69, 9.17) is 14.1 Å². The summed E-state index contributed by atoms with van der Waals surface area (Å²) >= 11 is 0. The number of benzene rings is 12. The molecule has 8 nitrogen and oxygen atoms in total. The van der Waals surface area contributed by atoms with Crippen molar-refractivity contribution >= 4 is 98.4 Å². The van der Waals surface area contributed by atoms with E-state index >= 15 is 0 Å². The SMILES string of the molecule is [2H]C([2H])([2H])c1cc(-n2c3[c-]c(Oc4[c-]c(-n5[c-][n+](-c6c(-c7ccccc7)ccc7oc8ccccc8c67)c6ccccc65)ccc4)ccc3c3ccccc32)ncc1-c1cc(-n2c3ccccc3c3ccccc32)cc(-n2c3ccccc3c3ccccc32)c1.[Pt]. The Balaban J connectivity index is 0.00000636. The molecule has 0 aliphatic heterocycles. The van der Waals surface area contributed by atoms with Crippen molar-refractivity contribution in [2.75, 3.05) is 0 Å². The van der Waals surface area contributed by atoms with Crippen molar-refractivity contribution in [1.82, 2.24) is 23.3 Å². The number of fused-ring (bicyclic) bond motifs is 13. The summed E-state index contributed by atoms with van der Waals surface area (Å²) in [5.74, 6) is 1.33. The maximum atomic E-state index is 9.30. The van der Waals surface area contributed by atoms with Crippen LogP contribution in [0.3, 0.4) is 0 Å². The van der Waals surface area contributed by atoms with Gasteiger partial charge in [-0.15, -0.1) is 29.7 Å². The third-order valence-corrected chi connectivity index (χ3v) is 17.2. The van der Waals surface area contributed by atoms with Crippen molar-refractivity contribution in [3.63, 3.8) is 0 Å². The van der Waals surface area contributed by atoms with Crippen molar-refractivity contribution in [3.05, 3.63) is 297 Å². The Kier molecular flexibility index (Phi) is 11.1. The normalized spacial score (nSPS) is 12.5. The third-order valence-electron chi connectivity index (χ3n) is 17.2. The largest absolute Gasteiger partial charge is 0.510 e. The number of imidazole rings is 1. The number of ether oxygens (including phenoxy) is 1. The molecule has 0 saturated heterocycles. The number of aryl methyl sites for hydroxylation is 1. The van der Waals surface area contributed by atoms with Crippen LogP contribution >= 0.6 is 0 Å². The van der Waals surface area contributed by atoms with Gasteiger partial charge >= 0.3 is 0 Å². The molecule has 0 atom stereocenters. The quantitative estimate of drug-likeness (QED) is 0.107. The van der Waals surface area contributed by atoms with Crippen LogP contribution in [0.15, 0.2) is 278 Å². The molecule has 0 aliphatic rings. The van der Waals surface area contributed by atoms with Crippen LogP contribution < -0.4 is 9.30 Å². The van der Waals surface area contributed by atoms with Crippen LogP contribution in [0.4, 0.5) is 0 Å². The van der Waals surface area contributed by atoms with Crippen molar-refractivity contribution in [2.24, 2.45) is 0 Å². The Labute approximate surface area is 523 Å². The zero-order chi connectivity index (χ0) is 59.8. The van der Waals surface area contributed by atoms with E-state index in [1.165, 1.54) is 0 Å².